The molecule has 1 aliphatic rings. The third-order valence-corrected chi connectivity index (χ3v) is 4.84. The lowest BCUT2D eigenvalue weighted by atomic mass is 9.97. The number of hydrogen-bond acceptors (Lipinski definition) is 5. The zero-order chi connectivity index (χ0) is 17.3. The maximum absolute atomic E-state index is 12.7. The van der Waals surface area contributed by atoms with Gasteiger partial charge in [-0.3, -0.25) is 14.9 Å². The molecule has 0 bridgehead atoms. The molecule has 1 aromatic carbocycles. The molecule has 7 heteroatoms. The van der Waals surface area contributed by atoms with Gasteiger partial charge in [0.25, 0.3) is 5.91 Å². The molecule has 0 aliphatic carbocycles. The van der Waals surface area contributed by atoms with E-state index in [2.05, 4.69) is 10.3 Å². The summed E-state index contributed by atoms with van der Waals surface area (Å²) in [5.74, 6) is -0.441. The van der Waals surface area contributed by atoms with Crippen LogP contribution in [0.15, 0.2) is 30.5 Å². The predicted octanol–water partition coefficient (Wildman–Crippen LogP) is 2.30. The number of aromatic nitrogens is 1. The summed E-state index contributed by atoms with van der Waals surface area (Å²) in [5, 5.41) is 3.32. The molecule has 0 unspecified atom stereocenters. The third-order valence-electron chi connectivity index (χ3n) is 4.01. The fourth-order valence-corrected chi connectivity index (χ4v) is 3.35. The number of carbonyl (C=O) groups excluding carboxylic acids is 2. The van der Waals surface area contributed by atoms with Gasteiger partial charge in [0, 0.05) is 18.1 Å². The Morgan fingerprint density at radius 3 is 2.67 bits per heavy atom. The summed E-state index contributed by atoms with van der Waals surface area (Å²) in [6, 6.07) is 7.30. The van der Waals surface area contributed by atoms with Crippen molar-refractivity contribution in [3.63, 3.8) is 0 Å². The number of hydrogen-bond donors (Lipinski definition) is 1. The van der Waals surface area contributed by atoms with Gasteiger partial charge in [0.2, 0.25) is 5.91 Å². The second-order valence-electron chi connectivity index (χ2n) is 5.86. The molecule has 1 aliphatic heterocycles. The molecule has 1 N–H and O–H groups in total. The van der Waals surface area contributed by atoms with Crippen molar-refractivity contribution < 1.29 is 14.3 Å². The number of likely N-dealkylation sites (N-methyl/N-ethyl adjacent to an activating group) is 1. The van der Waals surface area contributed by atoms with Crippen LogP contribution in [0.5, 0.6) is 0 Å². The molecular weight excluding hydrogens is 326 g/mol. The molecule has 1 fully saturated rings. The highest BCUT2D eigenvalue weighted by molar-refractivity contribution is 7.15. The van der Waals surface area contributed by atoms with Crippen LogP contribution in [0.3, 0.4) is 0 Å². The van der Waals surface area contributed by atoms with E-state index in [1.54, 1.807) is 18.1 Å². The summed E-state index contributed by atoms with van der Waals surface area (Å²) >= 11 is 1.40. The van der Waals surface area contributed by atoms with Gasteiger partial charge in [-0.1, -0.05) is 29.8 Å². The van der Waals surface area contributed by atoms with Gasteiger partial charge in [-0.15, -0.1) is 11.3 Å². The van der Waals surface area contributed by atoms with Crippen LogP contribution in [0, 0.1) is 13.8 Å². The predicted molar refractivity (Wildman–Crippen MR) is 91.9 cm³/mol. The number of thiazole rings is 1. The molecule has 126 valence electrons. The van der Waals surface area contributed by atoms with Crippen LogP contribution in [0.2, 0.25) is 0 Å². The largest absolute Gasteiger partial charge is 0.356 e. The molecule has 24 heavy (non-hydrogen) atoms. The Kier molecular flexibility index (Phi) is 4.64. The number of carbonyl (C=O) groups is 2. The first-order chi connectivity index (χ1) is 11.5. The first-order valence-corrected chi connectivity index (χ1v) is 8.44. The van der Waals surface area contributed by atoms with Gasteiger partial charge in [0.1, 0.15) is 6.61 Å². The van der Waals surface area contributed by atoms with E-state index in [1.807, 2.05) is 38.1 Å². The maximum atomic E-state index is 12.7. The SMILES string of the molecule is Cc1ccc([C@@H]2[C@@H](C(=O)Nc3ncc(C)s3)OCC(=O)N2C)cc1. The van der Waals surface area contributed by atoms with Crippen LogP contribution >= 0.6 is 11.3 Å². The Morgan fingerprint density at radius 1 is 1.33 bits per heavy atom. The van der Waals surface area contributed by atoms with Gasteiger partial charge < -0.3 is 9.64 Å². The zero-order valence-corrected chi connectivity index (χ0v) is 14.6. The second-order valence-corrected chi connectivity index (χ2v) is 7.09. The fourth-order valence-electron chi connectivity index (χ4n) is 2.68. The summed E-state index contributed by atoms with van der Waals surface area (Å²) in [7, 11) is 1.70. The molecule has 2 heterocycles. The summed E-state index contributed by atoms with van der Waals surface area (Å²) < 4.78 is 5.57. The van der Waals surface area contributed by atoms with Gasteiger partial charge in [0.15, 0.2) is 11.2 Å². The number of benzene rings is 1. The number of anilines is 1. The molecule has 0 radical (unpaired) electrons. The average molecular weight is 345 g/mol. The molecule has 1 saturated heterocycles. The summed E-state index contributed by atoms with van der Waals surface area (Å²) in [6.45, 7) is 3.81. The van der Waals surface area contributed by atoms with Crippen LogP contribution in [-0.2, 0) is 14.3 Å². The van der Waals surface area contributed by atoms with Crippen molar-refractivity contribution in [3.05, 3.63) is 46.5 Å². The first kappa shape index (κ1) is 16.6. The third kappa shape index (κ3) is 3.32. The molecule has 0 spiro atoms. The lowest BCUT2D eigenvalue weighted by Crippen LogP contribution is -2.51. The van der Waals surface area contributed by atoms with Crippen molar-refractivity contribution in [2.24, 2.45) is 0 Å². The molecule has 6 nitrogen and oxygen atoms in total. The van der Waals surface area contributed by atoms with E-state index in [0.29, 0.717) is 5.13 Å². The van der Waals surface area contributed by atoms with E-state index in [-0.39, 0.29) is 18.4 Å². The van der Waals surface area contributed by atoms with E-state index < -0.39 is 12.1 Å². The minimum atomic E-state index is -0.778. The van der Waals surface area contributed by atoms with Crippen LogP contribution < -0.4 is 5.32 Å². The number of aryl methyl sites for hydroxylation is 2. The van der Waals surface area contributed by atoms with Crippen LogP contribution in [0.25, 0.3) is 0 Å². The Labute approximate surface area is 144 Å². The average Bonchev–Trinajstić information content (AvgIpc) is 2.96. The standard InChI is InChI=1S/C17H19N3O3S/c1-10-4-6-12(7-5-10)14-15(23-9-13(21)20(14)3)16(22)19-17-18-8-11(2)24-17/h4-8,14-15H,9H2,1-3H3,(H,18,19,22)/t14-,15+/m1/s1. The number of nitrogens with one attached hydrogen (secondary N) is 1. The van der Waals surface area contributed by atoms with E-state index in [4.69, 9.17) is 4.74 Å². The second kappa shape index (κ2) is 6.70. The maximum Gasteiger partial charge on any atom is 0.257 e. The normalized spacial score (nSPS) is 21.0. The van der Waals surface area contributed by atoms with Crippen molar-refractivity contribution in [2.75, 3.05) is 19.0 Å². The Balaban J connectivity index is 1.86. The van der Waals surface area contributed by atoms with Crippen molar-refractivity contribution >= 4 is 28.3 Å². The molecular formula is C17H19N3O3S. The van der Waals surface area contributed by atoms with Gasteiger partial charge in [-0.25, -0.2) is 4.98 Å². The molecule has 2 aromatic rings. The smallest absolute Gasteiger partial charge is 0.257 e. The van der Waals surface area contributed by atoms with Crippen LogP contribution in [0.4, 0.5) is 5.13 Å². The number of amides is 2. The minimum Gasteiger partial charge on any atom is -0.356 e. The summed E-state index contributed by atoms with van der Waals surface area (Å²) in [5.41, 5.74) is 1.98. The minimum absolute atomic E-state index is 0.103. The van der Waals surface area contributed by atoms with Crippen LogP contribution in [-0.4, -0.2) is 41.5 Å². The summed E-state index contributed by atoms with van der Waals surface area (Å²) in [4.78, 5) is 31.4. The van der Waals surface area contributed by atoms with Crippen molar-refractivity contribution in [1.29, 1.82) is 0 Å². The number of rotatable bonds is 3. The number of morpholine rings is 1. The monoisotopic (exact) mass is 345 g/mol. The van der Waals surface area contributed by atoms with Gasteiger partial charge in [0.05, 0.1) is 6.04 Å². The molecule has 2 amide bonds. The highest BCUT2D eigenvalue weighted by Gasteiger charge is 2.40. The van der Waals surface area contributed by atoms with Gasteiger partial charge in [-0.2, -0.15) is 0 Å². The van der Waals surface area contributed by atoms with Crippen LogP contribution in [0.1, 0.15) is 22.0 Å². The highest BCUT2D eigenvalue weighted by Crippen LogP contribution is 2.30. The fraction of sp³-hybridized carbons (Fsp3) is 0.353. The molecule has 1 aromatic heterocycles. The van der Waals surface area contributed by atoms with E-state index in [0.717, 1.165) is 16.0 Å². The molecule has 0 saturated carbocycles. The van der Waals surface area contributed by atoms with Crippen molar-refractivity contribution in [2.45, 2.75) is 26.0 Å². The first-order valence-electron chi connectivity index (χ1n) is 7.63. The topological polar surface area (TPSA) is 71.5 Å². The van der Waals surface area contributed by atoms with Crippen molar-refractivity contribution in [3.8, 4) is 0 Å². The lowest BCUT2D eigenvalue weighted by Gasteiger charge is -2.38. The number of ether oxygens (including phenoxy) is 1. The Hall–Kier alpha value is -2.25. The van der Waals surface area contributed by atoms with E-state index in [9.17, 15) is 9.59 Å². The van der Waals surface area contributed by atoms with Gasteiger partial charge >= 0.3 is 0 Å². The molecule has 2 atom stereocenters. The van der Waals surface area contributed by atoms with E-state index in [1.165, 1.54) is 11.3 Å². The number of nitrogens with zero attached hydrogens (tertiary/aromatic N) is 2. The summed E-state index contributed by atoms with van der Waals surface area (Å²) in [6.07, 6.45) is 0.925. The zero-order valence-electron chi connectivity index (χ0n) is 13.8. The van der Waals surface area contributed by atoms with Gasteiger partial charge in [-0.05, 0) is 19.4 Å². The Morgan fingerprint density at radius 2 is 2.04 bits per heavy atom. The van der Waals surface area contributed by atoms with E-state index >= 15 is 0 Å². The molecule has 3 rings (SSSR count). The quantitative estimate of drug-likeness (QED) is 0.926. The highest BCUT2D eigenvalue weighted by atomic mass is 32.1. The van der Waals surface area contributed by atoms with Crippen molar-refractivity contribution in [1.82, 2.24) is 9.88 Å². The Bertz CT molecular complexity index is 757. The lowest BCUT2D eigenvalue weighted by molar-refractivity contribution is -0.160.